The van der Waals surface area contributed by atoms with Gasteiger partial charge in [-0.25, -0.2) is 0 Å². The Morgan fingerprint density at radius 3 is 2.15 bits per heavy atom. The summed E-state index contributed by atoms with van der Waals surface area (Å²) in [5, 5.41) is 0.856. The van der Waals surface area contributed by atoms with Crippen LogP contribution in [0.25, 0.3) is 0 Å². The lowest BCUT2D eigenvalue weighted by Gasteiger charge is -1.99. The van der Waals surface area contributed by atoms with Gasteiger partial charge in [0.1, 0.15) is 0 Å². The van der Waals surface area contributed by atoms with Crippen LogP contribution < -0.4 is 0 Å². The first-order valence-corrected chi connectivity index (χ1v) is 5.31. The molecule has 0 bridgehead atoms. The van der Waals surface area contributed by atoms with Crippen LogP contribution in [0.4, 0.5) is 0 Å². The standard InChI is InChI=1S/C10H15Cl.C2H6/c1-4-7-9(6-3)10(11)8-5-2;1-2/h4,7-8H,1,5-6H2,2-3H3;1-2H3/b9-7-,10-8+;. The van der Waals surface area contributed by atoms with Gasteiger partial charge in [0.15, 0.2) is 0 Å². The summed E-state index contributed by atoms with van der Waals surface area (Å²) in [7, 11) is 0. The van der Waals surface area contributed by atoms with Gasteiger partial charge in [-0.15, -0.1) is 0 Å². The minimum Gasteiger partial charge on any atom is -0.0991 e. The van der Waals surface area contributed by atoms with Gasteiger partial charge in [0.2, 0.25) is 0 Å². The number of hydrogen-bond acceptors (Lipinski definition) is 0. The van der Waals surface area contributed by atoms with Crippen LogP contribution >= 0.6 is 11.6 Å². The number of hydrogen-bond donors (Lipinski definition) is 0. The molecule has 0 aliphatic heterocycles. The van der Waals surface area contributed by atoms with E-state index in [1.807, 2.05) is 26.0 Å². The zero-order chi connectivity index (χ0) is 10.7. The van der Waals surface area contributed by atoms with E-state index in [1.165, 1.54) is 0 Å². The van der Waals surface area contributed by atoms with Gasteiger partial charge in [-0.1, -0.05) is 64.1 Å². The molecule has 0 radical (unpaired) electrons. The Kier molecular flexibility index (Phi) is 13.3. The summed E-state index contributed by atoms with van der Waals surface area (Å²) in [6, 6.07) is 0. The highest BCUT2D eigenvalue weighted by Gasteiger charge is 1.95. The lowest BCUT2D eigenvalue weighted by Crippen LogP contribution is -1.79. The molecule has 13 heavy (non-hydrogen) atoms. The average molecular weight is 201 g/mol. The quantitative estimate of drug-likeness (QED) is 0.556. The largest absolute Gasteiger partial charge is 0.0991 e. The van der Waals surface area contributed by atoms with Gasteiger partial charge in [0.25, 0.3) is 0 Å². The topological polar surface area (TPSA) is 0 Å². The van der Waals surface area contributed by atoms with Crippen LogP contribution in [0.5, 0.6) is 0 Å². The number of allylic oxidation sites excluding steroid dienone is 5. The van der Waals surface area contributed by atoms with Crippen LogP contribution in [0.3, 0.4) is 0 Å². The van der Waals surface area contributed by atoms with Crippen LogP contribution in [0.2, 0.25) is 0 Å². The van der Waals surface area contributed by atoms with Crippen molar-refractivity contribution in [2.45, 2.75) is 40.5 Å². The second kappa shape index (κ2) is 11.5. The van der Waals surface area contributed by atoms with E-state index in [2.05, 4.69) is 20.4 Å². The fourth-order valence-electron chi connectivity index (χ4n) is 0.819. The average Bonchev–Trinajstić information content (AvgIpc) is 2.17. The second-order valence-corrected chi connectivity index (χ2v) is 2.65. The molecular formula is C12H21Cl. The molecule has 0 aliphatic carbocycles. The Bertz CT molecular complexity index is 176. The molecule has 0 spiro atoms. The minimum absolute atomic E-state index is 0.856. The summed E-state index contributed by atoms with van der Waals surface area (Å²) < 4.78 is 0. The van der Waals surface area contributed by atoms with Crippen molar-refractivity contribution in [2.24, 2.45) is 0 Å². The number of halogens is 1. The zero-order valence-corrected chi connectivity index (χ0v) is 9.99. The Morgan fingerprint density at radius 1 is 1.31 bits per heavy atom. The first-order valence-electron chi connectivity index (χ1n) is 4.93. The van der Waals surface area contributed by atoms with Crippen LogP contribution in [-0.4, -0.2) is 0 Å². The molecule has 0 fully saturated rings. The van der Waals surface area contributed by atoms with Crippen LogP contribution in [-0.2, 0) is 0 Å². The third-order valence-electron chi connectivity index (χ3n) is 1.39. The van der Waals surface area contributed by atoms with E-state index in [0.29, 0.717) is 0 Å². The summed E-state index contributed by atoms with van der Waals surface area (Å²) >= 11 is 5.97. The van der Waals surface area contributed by atoms with Crippen molar-refractivity contribution >= 4 is 11.6 Å². The molecule has 0 amide bonds. The van der Waals surface area contributed by atoms with Gasteiger partial charge >= 0.3 is 0 Å². The van der Waals surface area contributed by atoms with Crippen molar-refractivity contribution in [2.75, 3.05) is 0 Å². The van der Waals surface area contributed by atoms with Gasteiger partial charge in [-0.3, -0.25) is 0 Å². The van der Waals surface area contributed by atoms with Gasteiger partial charge in [0.05, 0.1) is 0 Å². The Balaban J connectivity index is 0. The van der Waals surface area contributed by atoms with Crippen molar-refractivity contribution in [3.05, 3.63) is 35.4 Å². The van der Waals surface area contributed by atoms with Crippen molar-refractivity contribution in [3.63, 3.8) is 0 Å². The predicted molar refractivity (Wildman–Crippen MR) is 64.1 cm³/mol. The Labute approximate surface area is 88.0 Å². The van der Waals surface area contributed by atoms with Crippen molar-refractivity contribution in [3.8, 4) is 0 Å². The zero-order valence-electron chi connectivity index (χ0n) is 9.23. The van der Waals surface area contributed by atoms with Crippen molar-refractivity contribution in [1.29, 1.82) is 0 Å². The molecule has 0 aromatic heterocycles. The van der Waals surface area contributed by atoms with Gasteiger partial charge in [-0.05, 0) is 18.4 Å². The normalized spacial score (nSPS) is 11.8. The van der Waals surface area contributed by atoms with Gasteiger partial charge in [0, 0.05) is 5.03 Å². The van der Waals surface area contributed by atoms with E-state index in [-0.39, 0.29) is 0 Å². The highest BCUT2D eigenvalue weighted by Crippen LogP contribution is 2.18. The molecule has 0 rings (SSSR count). The molecule has 76 valence electrons. The monoisotopic (exact) mass is 200 g/mol. The molecule has 0 nitrogen and oxygen atoms in total. The van der Waals surface area contributed by atoms with E-state index in [1.54, 1.807) is 6.08 Å². The Hall–Kier alpha value is -0.490. The molecular weight excluding hydrogens is 180 g/mol. The lowest BCUT2D eigenvalue weighted by molar-refractivity contribution is 1.12. The molecule has 0 aliphatic rings. The smallest absolute Gasteiger partial charge is 0.0397 e. The summed E-state index contributed by atoms with van der Waals surface area (Å²) in [6.45, 7) is 11.8. The maximum atomic E-state index is 5.97. The third kappa shape index (κ3) is 7.86. The van der Waals surface area contributed by atoms with Gasteiger partial charge < -0.3 is 0 Å². The summed E-state index contributed by atoms with van der Waals surface area (Å²) in [4.78, 5) is 0. The highest BCUT2D eigenvalue weighted by atomic mass is 35.5. The molecule has 0 aromatic carbocycles. The van der Waals surface area contributed by atoms with Crippen molar-refractivity contribution < 1.29 is 0 Å². The SMILES string of the molecule is C=C/C=C(CC)\C(Cl)=C/CC.CC. The van der Waals surface area contributed by atoms with E-state index in [4.69, 9.17) is 11.6 Å². The fourth-order valence-corrected chi connectivity index (χ4v) is 1.17. The molecule has 0 N–H and O–H groups in total. The van der Waals surface area contributed by atoms with Crippen LogP contribution in [0.1, 0.15) is 40.5 Å². The minimum atomic E-state index is 0.856. The maximum Gasteiger partial charge on any atom is 0.0397 e. The molecule has 0 unspecified atom stereocenters. The molecule has 0 saturated carbocycles. The predicted octanol–water partition coefficient (Wildman–Crippen LogP) is 5.07. The number of rotatable bonds is 4. The fraction of sp³-hybridized carbons (Fsp3) is 0.500. The summed E-state index contributed by atoms with van der Waals surface area (Å²) in [5.74, 6) is 0. The highest BCUT2D eigenvalue weighted by molar-refractivity contribution is 6.31. The maximum absolute atomic E-state index is 5.97. The van der Waals surface area contributed by atoms with E-state index in [9.17, 15) is 0 Å². The van der Waals surface area contributed by atoms with Crippen LogP contribution in [0.15, 0.2) is 35.4 Å². The van der Waals surface area contributed by atoms with E-state index >= 15 is 0 Å². The molecule has 0 heterocycles. The van der Waals surface area contributed by atoms with Gasteiger partial charge in [-0.2, -0.15) is 0 Å². The van der Waals surface area contributed by atoms with E-state index < -0.39 is 0 Å². The first-order chi connectivity index (χ1) is 6.26. The summed E-state index contributed by atoms with van der Waals surface area (Å²) in [6.07, 6.45) is 7.67. The van der Waals surface area contributed by atoms with Crippen LogP contribution in [0, 0.1) is 0 Å². The van der Waals surface area contributed by atoms with E-state index in [0.717, 1.165) is 23.4 Å². The first kappa shape index (κ1) is 15.0. The molecule has 0 aromatic rings. The molecule has 1 heteroatoms. The molecule has 0 saturated heterocycles. The Morgan fingerprint density at radius 2 is 1.85 bits per heavy atom. The summed E-state index contributed by atoms with van der Waals surface area (Å²) in [5.41, 5.74) is 1.16. The lowest BCUT2D eigenvalue weighted by atomic mass is 10.1. The van der Waals surface area contributed by atoms with Crippen molar-refractivity contribution in [1.82, 2.24) is 0 Å². The molecule has 0 atom stereocenters. The third-order valence-corrected chi connectivity index (χ3v) is 1.79. The second-order valence-electron chi connectivity index (χ2n) is 2.24.